The van der Waals surface area contributed by atoms with Gasteiger partial charge >= 0.3 is 0 Å². The normalized spacial score (nSPS) is 26.6. The summed E-state index contributed by atoms with van der Waals surface area (Å²) in [4.78, 5) is 0. The van der Waals surface area contributed by atoms with E-state index in [1.54, 1.807) is 0 Å². The topological polar surface area (TPSA) is 53.2 Å². The van der Waals surface area contributed by atoms with Crippen LogP contribution >= 0.6 is 15.9 Å². The zero-order valence-corrected chi connectivity index (χ0v) is 11.9. The summed E-state index contributed by atoms with van der Waals surface area (Å²) in [7, 11) is 0. The van der Waals surface area contributed by atoms with E-state index in [1.807, 2.05) is 31.2 Å². The van der Waals surface area contributed by atoms with E-state index in [1.165, 1.54) is 0 Å². The average Bonchev–Trinajstić information content (AvgIpc) is 2.88. The van der Waals surface area contributed by atoms with E-state index in [9.17, 15) is 10.4 Å². The van der Waals surface area contributed by atoms with Crippen LogP contribution in [0.3, 0.4) is 0 Å². The molecule has 2 rings (SSSR count). The SMILES string of the molecule is CCC(O)(c1cccc(Br)c1)C1(C#N)CCOC1. The van der Waals surface area contributed by atoms with Gasteiger partial charge in [-0.15, -0.1) is 0 Å². The molecule has 2 unspecified atom stereocenters. The molecule has 1 fully saturated rings. The van der Waals surface area contributed by atoms with Gasteiger partial charge in [-0.05, 0) is 30.5 Å². The number of ether oxygens (including phenoxy) is 1. The maximum Gasteiger partial charge on any atom is 0.115 e. The Hall–Kier alpha value is -0.890. The molecule has 1 aliphatic rings. The minimum absolute atomic E-state index is 0.292. The second-order valence-corrected chi connectivity index (χ2v) is 5.64. The van der Waals surface area contributed by atoms with E-state index in [-0.39, 0.29) is 0 Å². The van der Waals surface area contributed by atoms with Crippen molar-refractivity contribution in [3.8, 4) is 6.07 Å². The smallest absolute Gasteiger partial charge is 0.115 e. The highest BCUT2D eigenvalue weighted by molar-refractivity contribution is 9.10. The lowest BCUT2D eigenvalue weighted by Gasteiger charge is -2.39. The number of nitrogens with zero attached hydrogens (tertiary/aromatic N) is 1. The van der Waals surface area contributed by atoms with E-state index in [0.29, 0.717) is 26.1 Å². The fourth-order valence-electron chi connectivity index (χ4n) is 2.64. The molecule has 1 aliphatic heterocycles. The summed E-state index contributed by atoms with van der Waals surface area (Å²) in [6.07, 6.45) is 1.06. The molecule has 4 heteroatoms. The standard InChI is InChI=1S/C14H16BrNO2/c1-2-14(17,11-4-3-5-12(15)8-11)13(9-16)6-7-18-10-13/h3-5,8,17H,2,6-7,10H2,1H3. The van der Waals surface area contributed by atoms with Gasteiger partial charge in [0.05, 0.1) is 12.7 Å². The van der Waals surface area contributed by atoms with E-state index < -0.39 is 11.0 Å². The van der Waals surface area contributed by atoms with Crippen molar-refractivity contribution in [2.75, 3.05) is 13.2 Å². The largest absolute Gasteiger partial charge is 0.383 e. The first-order valence-electron chi connectivity index (χ1n) is 6.05. The van der Waals surface area contributed by atoms with Crippen molar-refractivity contribution in [3.05, 3.63) is 34.3 Å². The Morgan fingerprint density at radius 3 is 2.89 bits per heavy atom. The van der Waals surface area contributed by atoms with Gasteiger partial charge in [-0.25, -0.2) is 0 Å². The predicted molar refractivity (Wildman–Crippen MR) is 71.8 cm³/mol. The van der Waals surface area contributed by atoms with Crippen LogP contribution in [0.15, 0.2) is 28.7 Å². The Morgan fingerprint density at radius 1 is 1.61 bits per heavy atom. The zero-order valence-electron chi connectivity index (χ0n) is 10.3. The van der Waals surface area contributed by atoms with Gasteiger partial charge < -0.3 is 9.84 Å². The maximum atomic E-state index is 11.0. The molecule has 1 saturated heterocycles. The third-order valence-electron chi connectivity index (χ3n) is 3.84. The van der Waals surface area contributed by atoms with Gasteiger partial charge in [0.25, 0.3) is 0 Å². The summed E-state index contributed by atoms with van der Waals surface area (Å²) < 4.78 is 6.26. The number of nitriles is 1. The second kappa shape index (κ2) is 5.00. The highest BCUT2D eigenvalue weighted by atomic mass is 79.9. The fourth-order valence-corrected chi connectivity index (χ4v) is 3.04. The molecule has 1 aromatic rings. The van der Waals surface area contributed by atoms with Crippen molar-refractivity contribution in [2.24, 2.45) is 5.41 Å². The maximum absolute atomic E-state index is 11.0. The van der Waals surface area contributed by atoms with Crippen LogP contribution in [-0.4, -0.2) is 18.3 Å². The molecule has 96 valence electrons. The van der Waals surface area contributed by atoms with Crippen LogP contribution in [0.4, 0.5) is 0 Å². The monoisotopic (exact) mass is 309 g/mol. The van der Waals surface area contributed by atoms with E-state index in [2.05, 4.69) is 22.0 Å². The summed E-state index contributed by atoms with van der Waals surface area (Å²) in [6.45, 7) is 2.72. The number of benzene rings is 1. The summed E-state index contributed by atoms with van der Waals surface area (Å²) in [5, 5.41) is 20.6. The number of aliphatic hydroxyl groups is 1. The molecule has 1 N–H and O–H groups in total. The quantitative estimate of drug-likeness (QED) is 0.934. The Bertz CT molecular complexity index is 477. The molecule has 0 amide bonds. The molecule has 2 atom stereocenters. The third kappa shape index (κ3) is 1.97. The lowest BCUT2D eigenvalue weighted by atomic mass is 9.67. The molecule has 0 bridgehead atoms. The van der Waals surface area contributed by atoms with Crippen molar-refractivity contribution < 1.29 is 9.84 Å². The third-order valence-corrected chi connectivity index (χ3v) is 4.33. The lowest BCUT2D eigenvalue weighted by molar-refractivity contribution is -0.0675. The fraction of sp³-hybridized carbons (Fsp3) is 0.500. The van der Waals surface area contributed by atoms with Gasteiger partial charge in [0.15, 0.2) is 0 Å². The van der Waals surface area contributed by atoms with Crippen molar-refractivity contribution in [1.29, 1.82) is 5.26 Å². The molecule has 0 radical (unpaired) electrons. The summed E-state index contributed by atoms with van der Waals surface area (Å²) >= 11 is 3.41. The molecular formula is C14H16BrNO2. The van der Waals surface area contributed by atoms with E-state index in [0.717, 1.165) is 10.0 Å². The molecule has 1 aromatic carbocycles. The van der Waals surface area contributed by atoms with Crippen LogP contribution in [0.2, 0.25) is 0 Å². The Labute approximate surface area is 116 Å². The Kier molecular flexibility index (Phi) is 3.76. The number of hydrogen-bond donors (Lipinski definition) is 1. The number of halogens is 1. The lowest BCUT2D eigenvalue weighted by Crippen LogP contribution is -2.45. The summed E-state index contributed by atoms with van der Waals surface area (Å²) in [5.41, 5.74) is -1.24. The van der Waals surface area contributed by atoms with Gasteiger partial charge in [-0.1, -0.05) is 35.0 Å². The molecule has 0 aliphatic carbocycles. The van der Waals surface area contributed by atoms with Gasteiger partial charge in [-0.3, -0.25) is 0 Å². The Morgan fingerprint density at radius 2 is 2.39 bits per heavy atom. The number of hydrogen-bond acceptors (Lipinski definition) is 3. The van der Waals surface area contributed by atoms with Gasteiger partial charge in [0, 0.05) is 11.1 Å². The zero-order chi connectivity index (χ0) is 13.2. The van der Waals surface area contributed by atoms with Gasteiger partial charge in [0.1, 0.15) is 11.0 Å². The van der Waals surface area contributed by atoms with E-state index in [4.69, 9.17) is 4.74 Å². The van der Waals surface area contributed by atoms with Crippen LogP contribution in [-0.2, 0) is 10.3 Å². The molecule has 0 saturated carbocycles. The molecule has 3 nitrogen and oxygen atoms in total. The molecule has 1 heterocycles. The first-order valence-corrected chi connectivity index (χ1v) is 6.85. The Balaban J connectivity index is 2.51. The highest BCUT2D eigenvalue weighted by Gasteiger charge is 2.53. The minimum atomic E-state index is -1.16. The molecule has 0 aromatic heterocycles. The number of rotatable bonds is 3. The highest BCUT2D eigenvalue weighted by Crippen LogP contribution is 2.47. The first kappa shape index (κ1) is 13.5. The van der Waals surface area contributed by atoms with Gasteiger partial charge in [-0.2, -0.15) is 5.26 Å². The minimum Gasteiger partial charge on any atom is -0.383 e. The average molecular weight is 310 g/mol. The predicted octanol–water partition coefficient (Wildman–Crippen LogP) is 2.98. The summed E-state index contributed by atoms with van der Waals surface area (Å²) in [5.74, 6) is 0. The van der Waals surface area contributed by atoms with Crippen LogP contribution in [0.1, 0.15) is 25.3 Å². The second-order valence-electron chi connectivity index (χ2n) is 4.72. The van der Waals surface area contributed by atoms with Crippen LogP contribution in [0, 0.1) is 16.7 Å². The molecule has 0 spiro atoms. The van der Waals surface area contributed by atoms with Gasteiger partial charge in [0.2, 0.25) is 0 Å². The van der Waals surface area contributed by atoms with Crippen molar-refractivity contribution >= 4 is 15.9 Å². The van der Waals surface area contributed by atoms with E-state index >= 15 is 0 Å². The summed E-state index contributed by atoms with van der Waals surface area (Å²) in [6, 6.07) is 9.82. The van der Waals surface area contributed by atoms with Crippen molar-refractivity contribution in [2.45, 2.75) is 25.4 Å². The van der Waals surface area contributed by atoms with Crippen LogP contribution in [0.5, 0.6) is 0 Å². The molecular weight excluding hydrogens is 294 g/mol. The van der Waals surface area contributed by atoms with Crippen molar-refractivity contribution in [3.63, 3.8) is 0 Å². The van der Waals surface area contributed by atoms with Crippen LogP contribution < -0.4 is 0 Å². The van der Waals surface area contributed by atoms with Crippen LogP contribution in [0.25, 0.3) is 0 Å². The van der Waals surface area contributed by atoms with Crippen molar-refractivity contribution in [1.82, 2.24) is 0 Å². The first-order chi connectivity index (χ1) is 8.58. The molecule has 18 heavy (non-hydrogen) atoms.